The van der Waals surface area contributed by atoms with Gasteiger partial charge in [0.05, 0.1) is 23.2 Å². The summed E-state index contributed by atoms with van der Waals surface area (Å²) in [4.78, 5) is 44.1. The average Bonchev–Trinajstić information content (AvgIpc) is 3.76. The molecule has 10 heteroatoms. The summed E-state index contributed by atoms with van der Waals surface area (Å²) in [7, 11) is 0. The van der Waals surface area contributed by atoms with Crippen LogP contribution in [0.25, 0.3) is 45.0 Å². The number of aryl methyl sites for hydroxylation is 3. The maximum absolute atomic E-state index is 13.6. The Bertz CT molecular complexity index is 2000. The third-order valence-corrected chi connectivity index (χ3v) is 9.51. The Hall–Kier alpha value is -3.73. The number of aldehydes is 1. The Morgan fingerprint density at radius 2 is 1.76 bits per heavy atom. The molecule has 0 amide bonds. The summed E-state index contributed by atoms with van der Waals surface area (Å²) in [6.45, 7) is 11.6. The first-order valence-electron chi connectivity index (χ1n) is 15.7. The summed E-state index contributed by atoms with van der Waals surface area (Å²) in [5, 5.41) is 36.0. The van der Waals surface area contributed by atoms with Crippen molar-refractivity contribution in [2.24, 2.45) is 0 Å². The van der Waals surface area contributed by atoms with Gasteiger partial charge in [0.25, 0.3) is 0 Å². The van der Waals surface area contributed by atoms with Gasteiger partial charge in [-0.2, -0.15) is 0 Å². The molecule has 8 bridgehead atoms. The van der Waals surface area contributed by atoms with Crippen LogP contribution in [0.4, 0.5) is 0 Å². The van der Waals surface area contributed by atoms with Crippen LogP contribution in [0.1, 0.15) is 127 Å². The van der Waals surface area contributed by atoms with Gasteiger partial charge in [0.1, 0.15) is 0 Å². The minimum absolute atomic E-state index is 0. The molecule has 1 N–H and O–H groups in total. The molecule has 46 heavy (non-hydrogen) atoms. The maximum Gasteiger partial charge on any atom is 2.00 e. The molecule has 0 saturated heterocycles. The van der Waals surface area contributed by atoms with E-state index in [9.17, 15) is 24.9 Å². The molecule has 3 aromatic rings. The van der Waals surface area contributed by atoms with Crippen molar-refractivity contribution in [3.8, 4) is 0 Å². The summed E-state index contributed by atoms with van der Waals surface area (Å²) in [6, 6.07) is 3.62. The molecular formula is C36H36MgN4O5-2. The standard InChI is InChI=1S/C36H40N4O5.Mg/c1-7-9-22-24(15-41)27-14-28-31(19(6)42)17(4)34(39-28)18(5)33-16(3)21(10-11-30(44)45)35(40-33)23-12-29(43)32-20(8-2)25(38-36(23)32)13-26(22)37-27;/h12-16,19,21,42H,7-11H2,1-6H3,(H4,37,38,39,40,41,43,44,45);/q;+2/p-4/t16-,19?,21-;/m0./s1. The van der Waals surface area contributed by atoms with E-state index in [1.54, 1.807) is 19.1 Å². The summed E-state index contributed by atoms with van der Waals surface area (Å²) in [6.07, 6.45) is 3.68. The fourth-order valence-corrected chi connectivity index (χ4v) is 7.40. The van der Waals surface area contributed by atoms with Crippen LogP contribution in [0.15, 0.2) is 12.1 Å². The van der Waals surface area contributed by atoms with Crippen molar-refractivity contribution >= 4 is 80.4 Å². The van der Waals surface area contributed by atoms with Gasteiger partial charge in [0.2, 0.25) is 0 Å². The average molecular weight is 629 g/mol. The van der Waals surface area contributed by atoms with Crippen molar-refractivity contribution < 1.29 is 24.9 Å². The zero-order chi connectivity index (χ0) is 32.3. The van der Waals surface area contributed by atoms with Crippen molar-refractivity contribution in [2.75, 3.05) is 0 Å². The number of rotatable bonds is 8. The number of nitrogens with zero attached hydrogens (tertiary/aromatic N) is 4. The maximum atomic E-state index is 13.6. The molecular weight excluding hydrogens is 593 g/mol. The first kappa shape index (κ1) is 33.6. The number of fused-ring (bicyclic) bond motifs is 8. The Balaban J connectivity index is 0.00000417. The van der Waals surface area contributed by atoms with Crippen LogP contribution in [0.5, 0.6) is 0 Å². The molecule has 0 saturated carbocycles. The molecule has 1 unspecified atom stereocenters. The van der Waals surface area contributed by atoms with Gasteiger partial charge < -0.3 is 30.1 Å². The van der Waals surface area contributed by atoms with E-state index in [4.69, 9.17) is 19.9 Å². The van der Waals surface area contributed by atoms with E-state index in [1.807, 2.05) is 40.7 Å². The summed E-state index contributed by atoms with van der Waals surface area (Å²) in [5.74, 6) is -1.76. The third kappa shape index (κ3) is 5.30. The number of carbonyl (C=O) groups is 2. The van der Waals surface area contributed by atoms with Gasteiger partial charge in [0, 0.05) is 29.1 Å². The molecule has 0 radical (unpaired) electrons. The number of aliphatic carboxylic acids is 1. The predicted octanol–water partition coefficient (Wildman–Crippen LogP) is 3.92. The van der Waals surface area contributed by atoms with Crippen molar-refractivity contribution in [3.63, 3.8) is 0 Å². The Morgan fingerprint density at radius 3 is 2.39 bits per heavy atom. The topological polar surface area (TPSA) is 154 Å². The Morgan fingerprint density at radius 1 is 1.07 bits per heavy atom. The van der Waals surface area contributed by atoms with Gasteiger partial charge >= 0.3 is 23.1 Å². The van der Waals surface area contributed by atoms with Gasteiger partial charge in [-0.1, -0.05) is 56.5 Å². The monoisotopic (exact) mass is 628 g/mol. The summed E-state index contributed by atoms with van der Waals surface area (Å²) in [5.41, 5.74) is 10.3. The molecule has 0 fully saturated rings. The van der Waals surface area contributed by atoms with Crippen molar-refractivity contribution in [1.29, 1.82) is 0 Å². The second kappa shape index (κ2) is 12.8. The predicted molar refractivity (Wildman–Crippen MR) is 175 cm³/mol. The number of carbonyl (C=O) groups excluding carboxylic acids is 2. The fourth-order valence-electron chi connectivity index (χ4n) is 7.40. The van der Waals surface area contributed by atoms with E-state index in [2.05, 4.69) is 0 Å². The number of aromatic nitrogens is 4. The molecule has 6 rings (SSSR count). The molecule has 234 valence electrons. The summed E-state index contributed by atoms with van der Waals surface area (Å²) >= 11 is 0. The molecule has 0 spiro atoms. The van der Waals surface area contributed by atoms with Crippen LogP contribution in [-0.2, 0) is 16.0 Å². The molecule has 3 aliphatic rings. The van der Waals surface area contributed by atoms with E-state index < -0.39 is 12.1 Å². The number of allylic oxidation sites excluding steroid dienone is 2. The van der Waals surface area contributed by atoms with Crippen molar-refractivity contribution in [2.45, 2.75) is 91.6 Å². The Labute approximate surface area is 284 Å². The molecule has 3 aromatic heterocycles. The second-order valence-corrected chi connectivity index (χ2v) is 12.3. The van der Waals surface area contributed by atoms with E-state index in [0.717, 1.165) is 40.7 Å². The smallest absolute Gasteiger partial charge is 0.872 e. The van der Waals surface area contributed by atoms with Crippen molar-refractivity contribution in [1.82, 2.24) is 19.9 Å². The zero-order valence-corrected chi connectivity index (χ0v) is 28.6. The van der Waals surface area contributed by atoms with Crippen LogP contribution in [-0.4, -0.2) is 50.4 Å². The van der Waals surface area contributed by atoms with Gasteiger partial charge in [-0.15, -0.1) is 27.8 Å². The van der Waals surface area contributed by atoms with E-state index >= 15 is 0 Å². The number of hydrogen-bond donors (Lipinski definition) is 1. The van der Waals surface area contributed by atoms with Gasteiger partial charge in [-0.3, -0.25) is 9.78 Å². The number of aliphatic hydroxyl groups is 1. The van der Waals surface area contributed by atoms with Crippen LogP contribution >= 0.6 is 0 Å². The van der Waals surface area contributed by atoms with Crippen molar-refractivity contribution in [3.05, 3.63) is 68.3 Å². The number of aliphatic hydroxyl groups excluding tert-OH is 1. The first-order valence-corrected chi connectivity index (χ1v) is 15.7. The van der Waals surface area contributed by atoms with E-state index in [1.165, 1.54) is 0 Å². The molecule has 5 heterocycles. The quantitative estimate of drug-likeness (QED) is 0.289. The third-order valence-electron chi connectivity index (χ3n) is 9.51. The van der Waals surface area contributed by atoms with Crippen LogP contribution in [0.2, 0.25) is 0 Å². The van der Waals surface area contributed by atoms with Crippen LogP contribution < -0.4 is 20.2 Å². The SMILES string of the molecule is CCCC1=C(C=O)c2cc3[n-]c(c(C)c4nc(c5c6[n-]c(cc1n2)c(CC)c6C([O-])=C5)[C@@H](CCC(=O)[O-])[C@@H]4C)c(C)c3C(C)O.[Mg+2]. The van der Waals surface area contributed by atoms with Crippen LogP contribution in [0, 0.1) is 13.8 Å². The molecule has 0 aromatic carbocycles. The van der Waals surface area contributed by atoms with E-state index in [-0.39, 0.29) is 47.1 Å². The largest absolute Gasteiger partial charge is 2.00 e. The second-order valence-electron chi connectivity index (χ2n) is 12.3. The first-order chi connectivity index (χ1) is 21.5. The molecule has 1 aliphatic carbocycles. The minimum Gasteiger partial charge on any atom is -0.872 e. The fraction of sp³-hybridized carbons (Fsp3) is 0.389. The van der Waals surface area contributed by atoms with Crippen LogP contribution in [0.3, 0.4) is 0 Å². The number of carboxylic acid groups (broad SMARTS) is 1. The normalized spacial score (nSPS) is 17.6. The van der Waals surface area contributed by atoms with Gasteiger partial charge in [-0.25, -0.2) is 4.98 Å². The van der Waals surface area contributed by atoms with E-state index in [0.29, 0.717) is 80.7 Å². The zero-order valence-electron chi connectivity index (χ0n) is 27.2. The van der Waals surface area contributed by atoms with Gasteiger partial charge in [0.15, 0.2) is 6.29 Å². The van der Waals surface area contributed by atoms with Gasteiger partial charge in [-0.05, 0) is 74.3 Å². The number of hydrogen-bond acceptors (Lipinski definition) is 7. The minimum atomic E-state index is -1.14. The Kier molecular flexibility index (Phi) is 9.36. The molecule has 2 aliphatic heterocycles. The molecule has 3 atom stereocenters. The molecule has 9 nitrogen and oxygen atoms in total. The summed E-state index contributed by atoms with van der Waals surface area (Å²) < 4.78 is 0. The number of carboxylic acids is 1.